The molecule has 1 N–H and O–H groups in total. The van der Waals surface area contributed by atoms with Crippen LogP contribution in [0.5, 0.6) is 0 Å². The minimum atomic E-state index is -0.0486. The maximum atomic E-state index is 12.3. The van der Waals surface area contributed by atoms with Crippen molar-refractivity contribution >= 4 is 23.5 Å². The topological polar surface area (TPSA) is 70.6 Å². The molecule has 8 heteroatoms. The molecule has 0 saturated carbocycles. The van der Waals surface area contributed by atoms with Gasteiger partial charge < -0.3 is 19.9 Å². The molecule has 162 valence electrons. The first-order chi connectivity index (χ1) is 14.4. The van der Waals surface area contributed by atoms with Crippen molar-refractivity contribution in [1.29, 1.82) is 0 Å². The number of amides is 1. The Morgan fingerprint density at radius 1 is 1.20 bits per heavy atom. The minimum Gasteiger partial charge on any atom is -0.378 e. The second-order valence-corrected chi connectivity index (χ2v) is 8.78. The number of piperazine rings is 1. The van der Waals surface area contributed by atoms with E-state index in [-0.39, 0.29) is 11.9 Å². The van der Waals surface area contributed by atoms with E-state index in [1.165, 1.54) is 0 Å². The fourth-order valence-electron chi connectivity index (χ4n) is 3.24. The van der Waals surface area contributed by atoms with E-state index in [0.717, 1.165) is 48.4 Å². The number of carbonyl (C=O) groups excluding carboxylic acids is 1. The molecule has 2 aromatic rings. The standard InChI is InChI=1S/C22H31N5O2S/c1-16(2)23-21(28)18-7-5-6-17(12-18)15-30-22-24-19(14-29-4)13-20(25-22)27-10-8-26(3)9-11-27/h5-7,12-13,16H,8-11,14-15H2,1-4H3,(H,23,28). The summed E-state index contributed by atoms with van der Waals surface area (Å²) in [5.41, 5.74) is 2.63. The van der Waals surface area contributed by atoms with Gasteiger partial charge >= 0.3 is 0 Å². The van der Waals surface area contributed by atoms with Crippen LogP contribution in [0.1, 0.15) is 35.5 Å². The van der Waals surface area contributed by atoms with Crippen LogP contribution in [0.25, 0.3) is 0 Å². The zero-order valence-electron chi connectivity index (χ0n) is 18.2. The quantitative estimate of drug-likeness (QED) is 0.511. The zero-order valence-corrected chi connectivity index (χ0v) is 19.0. The van der Waals surface area contributed by atoms with Crippen LogP contribution in [-0.4, -0.2) is 67.2 Å². The Labute approximate surface area is 183 Å². The van der Waals surface area contributed by atoms with Crippen LogP contribution in [0.3, 0.4) is 0 Å². The van der Waals surface area contributed by atoms with Gasteiger partial charge in [-0.3, -0.25) is 4.79 Å². The highest BCUT2D eigenvalue weighted by Gasteiger charge is 2.17. The van der Waals surface area contributed by atoms with Gasteiger partial charge in [0.25, 0.3) is 5.91 Å². The molecule has 1 aliphatic heterocycles. The summed E-state index contributed by atoms with van der Waals surface area (Å²) in [5, 5.41) is 3.67. The summed E-state index contributed by atoms with van der Waals surface area (Å²) in [5.74, 6) is 1.60. The first-order valence-corrected chi connectivity index (χ1v) is 11.3. The first kappa shape index (κ1) is 22.5. The van der Waals surface area contributed by atoms with E-state index < -0.39 is 0 Å². The maximum Gasteiger partial charge on any atom is 0.251 e. The molecule has 1 aromatic carbocycles. The van der Waals surface area contributed by atoms with E-state index in [1.54, 1.807) is 18.9 Å². The molecule has 30 heavy (non-hydrogen) atoms. The van der Waals surface area contributed by atoms with Gasteiger partial charge in [0.1, 0.15) is 5.82 Å². The number of methoxy groups -OCH3 is 1. The van der Waals surface area contributed by atoms with Crippen molar-refractivity contribution in [2.45, 2.75) is 37.4 Å². The highest BCUT2D eigenvalue weighted by Crippen LogP contribution is 2.24. The molecule has 2 heterocycles. The average molecular weight is 430 g/mol. The number of nitrogens with one attached hydrogen (secondary N) is 1. The first-order valence-electron chi connectivity index (χ1n) is 10.3. The van der Waals surface area contributed by atoms with Crippen molar-refractivity contribution in [3.05, 3.63) is 47.2 Å². The Morgan fingerprint density at radius 2 is 1.97 bits per heavy atom. The Balaban J connectivity index is 1.72. The van der Waals surface area contributed by atoms with Crippen LogP contribution < -0.4 is 10.2 Å². The van der Waals surface area contributed by atoms with E-state index >= 15 is 0 Å². The van der Waals surface area contributed by atoms with Gasteiger partial charge in [0.05, 0.1) is 12.3 Å². The lowest BCUT2D eigenvalue weighted by Gasteiger charge is -2.33. The fourth-order valence-corrected chi connectivity index (χ4v) is 4.05. The molecule has 0 unspecified atom stereocenters. The predicted octanol–water partition coefficient (Wildman–Crippen LogP) is 2.81. The minimum absolute atomic E-state index is 0.0486. The van der Waals surface area contributed by atoms with Crippen LogP contribution in [0, 0.1) is 0 Å². The van der Waals surface area contributed by atoms with Gasteiger partial charge in [0.15, 0.2) is 5.16 Å². The van der Waals surface area contributed by atoms with Crippen molar-refractivity contribution in [3.8, 4) is 0 Å². The Bertz CT molecular complexity index is 853. The van der Waals surface area contributed by atoms with Crippen molar-refractivity contribution in [1.82, 2.24) is 20.2 Å². The van der Waals surface area contributed by atoms with Gasteiger partial charge in [-0.15, -0.1) is 0 Å². The second-order valence-electron chi connectivity index (χ2n) is 7.84. The number of rotatable bonds is 8. The molecular weight excluding hydrogens is 398 g/mol. The van der Waals surface area contributed by atoms with E-state index in [9.17, 15) is 4.79 Å². The molecule has 0 bridgehead atoms. The van der Waals surface area contributed by atoms with Crippen LogP contribution in [0.15, 0.2) is 35.5 Å². The van der Waals surface area contributed by atoms with E-state index in [2.05, 4.69) is 27.1 Å². The molecule has 1 fully saturated rings. The van der Waals surface area contributed by atoms with Gasteiger partial charge in [-0.05, 0) is 38.6 Å². The second kappa shape index (κ2) is 10.7. The number of aromatic nitrogens is 2. The van der Waals surface area contributed by atoms with Crippen molar-refractivity contribution < 1.29 is 9.53 Å². The number of ether oxygens (including phenoxy) is 1. The average Bonchev–Trinajstić information content (AvgIpc) is 2.72. The number of hydrogen-bond donors (Lipinski definition) is 1. The highest BCUT2D eigenvalue weighted by molar-refractivity contribution is 7.98. The molecule has 1 saturated heterocycles. The number of carbonyl (C=O) groups is 1. The van der Waals surface area contributed by atoms with Crippen LogP contribution in [0.4, 0.5) is 5.82 Å². The van der Waals surface area contributed by atoms with Crippen molar-refractivity contribution in [2.75, 3.05) is 45.2 Å². The number of anilines is 1. The van der Waals surface area contributed by atoms with Crippen molar-refractivity contribution in [2.24, 2.45) is 0 Å². The van der Waals surface area contributed by atoms with E-state index in [0.29, 0.717) is 17.9 Å². The molecule has 0 spiro atoms. The number of likely N-dealkylation sites (N-methyl/N-ethyl adjacent to an activating group) is 1. The highest BCUT2D eigenvalue weighted by atomic mass is 32.2. The number of benzene rings is 1. The number of nitrogens with zero attached hydrogens (tertiary/aromatic N) is 4. The normalized spacial score (nSPS) is 14.9. The summed E-state index contributed by atoms with van der Waals surface area (Å²) >= 11 is 1.58. The smallest absolute Gasteiger partial charge is 0.251 e. The van der Waals surface area contributed by atoms with Crippen LogP contribution in [0.2, 0.25) is 0 Å². The van der Waals surface area contributed by atoms with Gasteiger partial charge in [0.2, 0.25) is 0 Å². The summed E-state index contributed by atoms with van der Waals surface area (Å²) < 4.78 is 5.31. The van der Waals surface area contributed by atoms with Crippen LogP contribution in [-0.2, 0) is 17.1 Å². The summed E-state index contributed by atoms with van der Waals surface area (Å²) in [6.07, 6.45) is 0. The molecular formula is C22H31N5O2S. The molecule has 1 aromatic heterocycles. The number of thioether (sulfide) groups is 1. The molecule has 0 atom stereocenters. The summed E-state index contributed by atoms with van der Waals surface area (Å²) in [7, 11) is 3.82. The Morgan fingerprint density at radius 3 is 2.67 bits per heavy atom. The van der Waals surface area contributed by atoms with Gasteiger partial charge in [-0.25, -0.2) is 9.97 Å². The van der Waals surface area contributed by atoms with E-state index in [4.69, 9.17) is 9.72 Å². The molecule has 7 nitrogen and oxygen atoms in total. The maximum absolute atomic E-state index is 12.3. The third kappa shape index (κ3) is 6.42. The fraction of sp³-hybridized carbons (Fsp3) is 0.500. The van der Waals surface area contributed by atoms with Gasteiger partial charge in [-0.2, -0.15) is 0 Å². The molecule has 0 aliphatic carbocycles. The molecule has 1 amide bonds. The van der Waals surface area contributed by atoms with Crippen molar-refractivity contribution in [3.63, 3.8) is 0 Å². The lowest BCUT2D eigenvalue weighted by atomic mass is 10.1. The summed E-state index contributed by atoms with van der Waals surface area (Å²) in [6, 6.07) is 9.86. The van der Waals surface area contributed by atoms with Gasteiger partial charge in [0, 0.05) is 56.7 Å². The largest absolute Gasteiger partial charge is 0.378 e. The van der Waals surface area contributed by atoms with Gasteiger partial charge in [-0.1, -0.05) is 23.9 Å². The van der Waals surface area contributed by atoms with Crippen LogP contribution >= 0.6 is 11.8 Å². The summed E-state index contributed by atoms with van der Waals surface area (Å²) in [4.78, 5) is 26.4. The Hall–Kier alpha value is -2.16. The molecule has 1 aliphatic rings. The molecule has 0 radical (unpaired) electrons. The van der Waals surface area contributed by atoms with E-state index in [1.807, 2.05) is 44.2 Å². The third-order valence-corrected chi connectivity index (χ3v) is 5.76. The molecule has 3 rings (SSSR count). The lowest BCUT2D eigenvalue weighted by molar-refractivity contribution is 0.0943. The third-order valence-electron chi connectivity index (χ3n) is 4.84. The monoisotopic (exact) mass is 429 g/mol. The summed E-state index contributed by atoms with van der Waals surface area (Å²) in [6.45, 7) is 8.34. The predicted molar refractivity (Wildman–Crippen MR) is 121 cm³/mol. The SMILES string of the molecule is COCc1cc(N2CCN(C)CC2)nc(SCc2cccc(C(=O)NC(C)C)c2)n1. The lowest BCUT2D eigenvalue weighted by Crippen LogP contribution is -2.44. The zero-order chi connectivity index (χ0) is 21.5. The number of hydrogen-bond acceptors (Lipinski definition) is 7. The Kier molecular flexibility index (Phi) is 8.07.